The Balaban J connectivity index is 0.00000155. The fourth-order valence-corrected chi connectivity index (χ4v) is 4.64. The molecule has 0 heterocycles. The van der Waals surface area contributed by atoms with Crippen molar-refractivity contribution in [1.82, 2.24) is 0 Å². The third-order valence-corrected chi connectivity index (χ3v) is 6.32. The highest BCUT2D eigenvalue weighted by molar-refractivity contribution is 7.16. The quantitative estimate of drug-likeness (QED) is 0.293. The van der Waals surface area contributed by atoms with E-state index in [-0.39, 0.29) is 6.10 Å². The first-order chi connectivity index (χ1) is 14.7. The molecular formula is C26H37O3P. The number of rotatable bonds is 10. The normalized spacial score (nSPS) is 17.5. The molecular weight excluding hydrogens is 391 g/mol. The molecule has 0 radical (unpaired) electrons. The van der Waals surface area contributed by atoms with E-state index in [0.29, 0.717) is 12.3 Å². The lowest BCUT2D eigenvalue weighted by molar-refractivity contribution is -0.107. The lowest BCUT2D eigenvalue weighted by Crippen LogP contribution is -2.25. The van der Waals surface area contributed by atoms with Crippen LogP contribution in [-0.4, -0.2) is 24.7 Å². The number of aliphatic hydroxyl groups is 1. The molecule has 1 aliphatic carbocycles. The molecule has 3 nitrogen and oxygen atoms in total. The second-order valence-corrected chi connectivity index (χ2v) is 8.58. The molecule has 164 valence electrons. The Labute approximate surface area is 184 Å². The largest absolute Gasteiger partial charge is 0.485 e. The summed E-state index contributed by atoms with van der Waals surface area (Å²) in [5.41, 5.74) is 4.96. The number of hydrogen-bond donors (Lipinski definition) is 1. The fourth-order valence-electron chi connectivity index (χ4n) is 4.35. The second-order valence-electron chi connectivity index (χ2n) is 8.00. The number of carbonyl (C=O) groups is 1. The zero-order chi connectivity index (χ0) is 21.8. The minimum absolute atomic E-state index is 0.127. The van der Waals surface area contributed by atoms with Crippen LogP contribution < -0.4 is 4.74 Å². The first-order valence-corrected chi connectivity index (χ1v) is 12.0. The zero-order valence-electron chi connectivity index (χ0n) is 18.5. The van der Waals surface area contributed by atoms with Crippen LogP contribution in [0.2, 0.25) is 0 Å². The molecule has 0 aromatic heterocycles. The van der Waals surface area contributed by atoms with Crippen LogP contribution in [0.4, 0.5) is 0 Å². The van der Waals surface area contributed by atoms with Gasteiger partial charge in [0, 0.05) is 19.4 Å². The molecule has 0 aliphatic heterocycles. The summed E-state index contributed by atoms with van der Waals surface area (Å²) in [4.78, 5) is 10.8. The van der Waals surface area contributed by atoms with Gasteiger partial charge in [0.2, 0.25) is 0 Å². The van der Waals surface area contributed by atoms with Gasteiger partial charge < -0.3 is 14.6 Å². The summed E-state index contributed by atoms with van der Waals surface area (Å²) in [7, 11) is 3.83. The van der Waals surface area contributed by atoms with Crippen molar-refractivity contribution in [2.24, 2.45) is 5.92 Å². The van der Waals surface area contributed by atoms with Gasteiger partial charge in [-0.05, 0) is 67.1 Å². The Hall–Kier alpha value is -1.70. The monoisotopic (exact) mass is 428 g/mol. The maximum Gasteiger partial charge on any atom is 0.127 e. The van der Waals surface area contributed by atoms with Crippen molar-refractivity contribution in [3.63, 3.8) is 0 Å². The molecule has 2 unspecified atom stereocenters. The summed E-state index contributed by atoms with van der Waals surface area (Å²) in [5.74, 6) is 1.52. The lowest BCUT2D eigenvalue weighted by Gasteiger charge is -2.34. The molecule has 30 heavy (non-hydrogen) atoms. The highest BCUT2D eigenvalue weighted by Gasteiger charge is 2.31. The Morgan fingerprint density at radius 2 is 1.87 bits per heavy atom. The van der Waals surface area contributed by atoms with E-state index < -0.39 is 0 Å². The predicted octanol–water partition coefficient (Wildman–Crippen LogP) is 5.85. The predicted molar refractivity (Wildman–Crippen MR) is 128 cm³/mol. The highest BCUT2D eigenvalue weighted by atomic mass is 31.0. The molecule has 1 aliphatic rings. The second kappa shape index (κ2) is 13.6. The van der Waals surface area contributed by atoms with Gasteiger partial charge in [0.25, 0.3) is 0 Å². The van der Waals surface area contributed by atoms with E-state index in [9.17, 15) is 4.79 Å². The SMILES string of the molecule is CO.Cc1cc(CC=O)ccc1O[C@H]1c2ccccc2CCC1CCCCCCP. The standard InChI is InChI=1S/C25H33O2P.CH4O/c1-19-18-20(15-16-26)11-14-24(19)27-25-22(9-4-2-3-7-17-28)13-12-21-8-5-6-10-23(21)25;1-2/h5-6,8,10-11,14,16,18,22,25H,2-4,7,9,12-13,15,17,28H2,1H3;2H,1H3/t22?,25-;/m1./s1. The molecule has 0 spiro atoms. The summed E-state index contributed by atoms with van der Waals surface area (Å²) in [6.45, 7) is 2.08. The molecule has 0 fully saturated rings. The number of aliphatic hydroxyl groups excluding tert-OH is 1. The van der Waals surface area contributed by atoms with E-state index in [1.54, 1.807) is 0 Å². The summed E-state index contributed by atoms with van der Waals surface area (Å²) >= 11 is 0. The molecule has 3 rings (SSSR count). The summed E-state index contributed by atoms with van der Waals surface area (Å²) < 4.78 is 6.64. The molecule has 0 saturated carbocycles. The van der Waals surface area contributed by atoms with Crippen LogP contribution >= 0.6 is 9.24 Å². The Kier molecular flexibility index (Phi) is 11.1. The Morgan fingerprint density at radius 1 is 1.10 bits per heavy atom. The van der Waals surface area contributed by atoms with Gasteiger partial charge in [-0.2, -0.15) is 0 Å². The van der Waals surface area contributed by atoms with Crippen LogP contribution in [0, 0.1) is 12.8 Å². The van der Waals surface area contributed by atoms with E-state index in [1.807, 2.05) is 12.1 Å². The first-order valence-electron chi connectivity index (χ1n) is 11.2. The minimum atomic E-state index is 0.127. The van der Waals surface area contributed by atoms with Gasteiger partial charge in [0.05, 0.1) is 0 Å². The van der Waals surface area contributed by atoms with E-state index >= 15 is 0 Å². The molecule has 0 amide bonds. The molecule has 4 heteroatoms. The van der Waals surface area contributed by atoms with Crippen molar-refractivity contribution in [3.05, 3.63) is 64.7 Å². The number of ether oxygens (including phenoxy) is 1. The highest BCUT2D eigenvalue weighted by Crippen LogP contribution is 2.41. The minimum Gasteiger partial charge on any atom is -0.485 e. The molecule has 0 saturated heterocycles. The zero-order valence-corrected chi connectivity index (χ0v) is 19.6. The van der Waals surface area contributed by atoms with Crippen molar-refractivity contribution in [2.45, 2.75) is 64.4 Å². The van der Waals surface area contributed by atoms with Crippen LogP contribution in [0.15, 0.2) is 42.5 Å². The average Bonchev–Trinajstić information content (AvgIpc) is 2.78. The number of carbonyl (C=O) groups excluding carboxylic acids is 1. The summed E-state index contributed by atoms with van der Waals surface area (Å²) in [5, 5.41) is 7.00. The van der Waals surface area contributed by atoms with Gasteiger partial charge in [0.15, 0.2) is 0 Å². The Bertz CT molecular complexity index is 775. The fraction of sp³-hybridized carbons (Fsp3) is 0.500. The van der Waals surface area contributed by atoms with Crippen molar-refractivity contribution in [3.8, 4) is 5.75 Å². The topological polar surface area (TPSA) is 46.5 Å². The molecule has 0 bridgehead atoms. The smallest absolute Gasteiger partial charge is 0.127 e. The molecule has 3 atom stereocenters. The number of unbranched alkanes of at least 4 members (excludes halogenated alkanes) is 3. The van der Waals surface area contributed by atoms with Gasteiger partial charge in [-0.25, -0.2) is 0 Å². The van der Waals surface area contributed by atoms with Crippen molar-refractivity contribution in [2.75, 3.05) is 13.3 Å². The summed E-state index contributed by atoms with van der Waals surface area (Å²) in [6.07, 6.45) is 11.6. The van der Waals surface area contributed by atoms with Gasteiger partial charge in [-0.15, -0.1) is 9.24 Å². The van der Waals surface area contributed by atoms with Crippen molar-refractivity contribution >= 4 is 15.5 Å². The van der Waals surface area contributed by atoms with Crippen LogP contribution in [0.3, 0.4) is 0 Å². The van der Waals surface area contributed by atoms with Gasteiger partial charge >= 0.3 is 0 Å². The van der Waals surface area contributed by atoms with Gasteiger partial charge in [-0.1, -0.05) is 55.7 Å². The van der Waals surface area contributed by atoms with Crippen LogP contribution in [0.1, 0.15) is 66.9 Å². The van der Waals surface area contributed by atoms with E-state index in [2.05, 4.69) is 46.5 Å². The van der Waals surface area contributed by atoms with Crippen molar-refractivity contribution in [1.29, 1.82) is 0 Å². The maximum atomic E-state index is 10.8. The molecule has 2 aromatic carbocycles. The number of benzene rings is 2. The summed E-state index contributed by atoms with van der Waals surface area (Å²) in [6, 6.07) is 14.9. The maximum absolute atomic E-state index is 10.8. The first kappa shape index (κ1) is 24.6. The number of fused-ring (bicyclic) bond motifs is 1. The van der Waals surface area contributed by atoms with Crippen LogP contribution in [-0.2, 0) is 17.6 Å². The van der Waals surface area contributed by atoms with Gasteiger partial charge in [0.1, 0.15) is 18.1 Å². The van der Waals surface area contributed by atoms with Crippen molar-refractivity contribution < 1.29 is 14.6 Å². The molecule has 1 N–H and O–H groups in total. The third kappa shape index (κ3) is 6.93. The van der Waals surface area contributed by atoms with Gasteiger partial charge in [-0.3, -0.25) is 0 Å². The van der Waals surface area contributed by atoms with E-state index in [4.69, 9.17) is 9.84 Å². The number of aryl methyl sites for hydroxylation is 2. The van der Waals surface area contributed by atoms with E-state index in [0.717, 1.165) is 36.7 Å². The lowest BCUT2D eigenvalue weighted by atomic mass is 9.79. The Morgan fingerprint density at radius 3 is 2.60 bits per heavy atom. The third-order valence-electron chi connectivity index (χ3n) is 5.92. The molecule has 2 aromatic rings. The van der Waals surface area contributed by atoms with Crippen LogP contribution in [0.5, 0.6) is 5.75 Å². The van der Waals surface area contributed by atoms with E-state index in [1.165, 1.54) is 55.8 Å². The number of hydrogen-bond acceptors (Lipinski definition) is 3. The van der Waals surface area contributed by atoms with Crippen LogP contribution in [0.25, 0.3) is 0 Å². The number of aldehydes is 1. The average molecular weight is 429 g/mol.